The van der Waals surface area contributed by atoms with E-state index in [0.29, 0.717) is 32.3 Å². The molecule has 0 unspecified atom stereocenters. The summed E-state index contributed by atoms with van der Waals surface area (Å²) in [7, 11) is -2.83. The highest BCUT2D eigenvalue weighted by Gasteiger charge is 2.48. The van der Waals surface area contributed by atoms with Crippen LogP contribution in [-0.2, 0) is 13.3 Å². The number of hydrogen-bond acceptors (Lipinski definition) is 6. The molecule has 0 aromatic rings. The van der Waals surface area contributed by atoms with Gasteiger partial charge in [0, 0.05) is 25.9 Å². The normalized spacial score (nSPS) is 12.6. The Morgan fingerprint density at radius 3 is 1.50 bits per heavy atom. The summed E-state index contributed by atoms with van der Waals surface area (Å²) in [5.41, 5.74) is 11.3. The van der Waals surface area contributed by atoms with Crippen molar-refractivity contribution in [2.45, 2.75) is 52.6 Å². The molecule has 142 valence electrons. The monoisotopic (exact) mass is 395 g/mol. The van der Waals surface area contributed by atoms with Crippen LogP contribution in [0.4, 0.5) is 0 Å². The first-order chi connectivity index (χ1) is 11.3. The van der Waals surface area contributed by atoms with Crippen LogP contribution in [-0.4, -0.2) is 62.1 Å². The summed E-state index contributed by atoms with van der Waals surface area (Å²) < 4.78 is 17.8. The Balaban J connectivity index is 5.68. The average Bonchev–Trinajstić information content (AvgIpc) is 2.51. The van der Waals surface area contributed by atoms with Crippen molar-refractivity contribution in [1.29, 1.82) is 0 Å². The Labute approximate surface area is 158 Å². The van der Waals surface area contributed by atoms with Gasteiger partial charge in [0.1, 0.15) is 15.5 Å². The summed E-state index contributed by atoms with van der Waals surface area (Å²) in [6.45, 7) is 12.9. The van der Waals surface area contributed by atoms with E-state index in [2.05, 4.69) is 4.90 Å². The molecule has 0 aliphatic heterocycles. The summed E-state index contributed by atoms with van der Waals surface area (Å²) in [4.78, 5) is 2.66. The summed E-state index contributed by atoms with van der Waals surface area (Å²) in [6.07, 6.45) is 0.519. The molecule has 0 aliphatic carbocycles. The molecule has 6 nitrogen and oxygen atoms in total. The van der Waals surface area contributed by atoms with Gasteiger partial charge < -0.3 is 24.7 Å². The lowest BCUT2D eigenvalue weighted by Gasteiger charge is -2.43. The Hall–Kier alpha value is -0.163. The van der Waals surface area contributed by atoms with Crippen LogP contribution in [0.25, 0.3) is 0 Å². The Bertz CT molecular complexity index is 378. The van der Waals surface area contributed by atoms with Crippen molar-refractivity contribution >= 4 is 43.2 Å². The van der Waals surface area contributed by atoms with Crippen LogP contribution in [0, 0.1) is 0 Å². The highest BCUT2D eigenvalue weighted by Crippen LogP contribution is 2.29. The van der Waals surface area contributed by atoms with Crippen molar-refractivity contribution < 1.29 is 13.3 Å². The Morgan fingerprint density at radius 1 is 0.875 bits per heavy atom. The number of nitrogens with two attached hydrogens (primary N) is 2. The second-order valence-electron chi connectivity index (χ2n) is 5.24. The minimum absolute atomic E-state index is 0.283. The van der Waals surface area contributed by atoms with Crippen molar-refractivity contribution in [3.05, 3.63) is 0 Å². The predicted octanol–water partition coefficient (Wildman–Crippen LogP) is 2.08. The van der Waals surface area contributed by atoms with Crippen molar-refractivity contribution in [2.24, 2.45) is 11.5 Å². The fourth-order valence-electron chi connectivity index (χ4n) is 2.94. The van der Waals surface area contributed by atoms with Gasteiger partial charge in [-0.1, -0.05) is 38.3 Å². The summed E-state index contributed by atoms with van der Waals surface area (Å²) >= 11 is 10.7. The second-order valence-corrected chi connectivity index (χ2v) is 8.85. The quantitative estimate of drug-likeness (QED) is 0.342. The molecule has 24 heavy (non-hydrogen) atoms. The lowest BCUT2D eigenvalue weighted by Crippen LogP contribution is -2.64. The maximum Gasteiger partial charge on any atom is 0.501 e. The van der Waals surface area contributed by atoms with Crippen molar-refractivity contribution in [1.82, 2.24) is 4.90 Å². The molecule has 0 aliphatic rings. The van der Waals surface area contributed by atoms with Gasteiger partial charge in [0.15, 0.2) is 0 Å². The lowest BCUT2D eigenvalue weighted by molar-refractivity contribution is 0.0680. The molecule has 0 radical (unpaired) electrons. The Kier molecular flexibility index (Phi) is 11.4. The molecule has 0 heterocycles. The lowest BCUT2D eigenvalue weighted by atomic mass is 9.93. The zero-order chi connectivity index (χ0) is 18.8. The van der Waals surface area contributed by atoms with Crippen molar-refractivity contribution in [3.8, 4) is 0 Å². The zero-order valence-corrected chi connectivity index (χ0v) is 18.2. The van der Waals surface area contributed by atoms with E-state index in [1.165, 1.54) is 0 Å². The van der Waals surface area contributed by atoms with Gasteiger partial charge in [-0.15, -0.1) is 0 Å². The van der Waals surface area contributed by atoms with Crippen LogP contribution >= 0.6 is 24.4 Å². The summed E-state index contributed by atoms with van der Waals surface area (Å²) in [5.74, 6) is 0. The van der Waals surface area contributed by atoms with Crippen LogP contribution in [0.1, 0.15) is 41.0 Å². The fourth-order valence-corrected chi connectivity index (χ4v) is 6.35. The van der Waals surface area contributed by atoms with Crippen LogP contribution in [0.2, 0.25) is 6.04 Å². The van der Waals surface area contributed by atoms with Gasteiger partial charge in [-0.2, -0.15) is 0 Å². The fraction of sp³-hybridized carbons (Fsp3) is 0.867. The molecule has 0 aromatic carbocycles. The highest BCUT2D eigenvalue weighted by molar-refractivity contribution is 7.82. The second kappa shape index (κ2) is 11.5. The van der Waals surface area contributed by atoms with Gasteiger partial charge in [0.2, 0.25) is 0 Å². The molecule has 0 atom stereocenters. The van der Waals surface area contributed by atoms with E-state index in [1.807, 2.05) is 34.6 Å². The van der Waals surface area contributed by atoms with Gasteiger partial charge in [-0.3, -0.25) is 4.90 Å². The van der Waals surface area contributed by atoms with Crippen LogP contribution in [0.5, 0.6) is 0 Å². The molecule has 0 spiro atoms. The standard InChI is InChI=1S/C15H33N3O3S2Si/c1-6-18(7-2)15(13(16)22,14(17)23)11-12-24(19-8-3,20-9-4)21-10-5/h6-12H2,1-5H3,(H2,16,22)(H2,17,23). The predicted molar refractivity (Wildman–Crippen MR) is 109 cm³/mol. The number of nitrogens with zero attached hydrogens (tertiary/aromatic N) is 1. The molecule has 0 amide bonds. The molecule has 0 bridgehead atoms. The highest BCUT2D eigenvalue weighted by atomic mass is 32.1. The molecule has 9 heteroatoms. The SMILES string of the molecule is CCO[Si](CCC(C(N)=S)(C(N)=S)N(CC)CC)(OCC)OCC. The van der Waals surface area contributed by atoms with Crippen LogP contribution < -0.4 is 11.5 Å². The summed E-state index contributed by atoms with van der Waals surface area (Å²) in [6, 6.07) is 0.549. The van der Waals surface area contributed by atoms with E-state index in [4.69, 9.17) is 49.2 Å². The molecule has 0 fully saturated rings. The molecule has 0 rings (SSSR count). The maximum absolute atomic E-state index is 6.09. The van der Waals surface area contributed by atoms with E-state index in [0.717, 1.165) is 13.1 Å². The largest absolute Gasteiger partial charge is 0.501 e. The van der Waals surface area contributed by atoms with Gasteiger partial charge in [0.25, 0.3) is 0 Å². The maximum atomic E-state index is 6.09. The molecule has 0 aromatic heterocycles. The number of thiocarbonyl (C=S) groups is 2. The topological polar surface area (TPSA) is 83.0 Å². The van der Waals surface area contributed by atoms with E-state index in [1.54, 1.807) is 0 Å². The van der Waals surface area contributed by atoms with Gasteiger partial charge in [-0.25, -0.2) is 0 Å². The molecule has 0 saturated heterocycles. The molecule has 4 N–H and O–H groups in total. The van der Waals surface area contributed by atoms with Crippen LogP contribution in [0.3, 0.4) is 0 Å². The number of rotatable bonds is 14. The Morgan fingerprint density at radius 2 is 1.25 bits per heavy atom. The third-order valence-corrected chi connectivity index (χ3v) is 7.73. The van der Waals surface area contributed by atoms with Gasteiger partial charge in [0.05, 0.1) is 0 Å². The van der Waals surface area contributed by atoms with E-state index in [9.17, 15) is 0 Å². The average molecular weight is 396 g/mol. The number of likely N-dealkylation sites (N-methyl/N-ethyl adjacent to an activating group) is 1. The number of hydrogen-bond donors (Lipinski definition) is 2. The smallest absolute Gasteiger partial charge is 0.391 e. The summed E-state index contributed by atoms with van der Waals surface area (Å²) in [5, 5.41) is 0. The first kappa shape index (κ1) is 23.8. The molecular weight excluding hydrogens is 362 g/mol. The first-order valence-electron chi connectivity index (χ1n) is 8.56. The third-order valence-electron chi connectivity index (χ3n) is 4.00. The molecule has 0 saturated carbocycles. The zero-order valence-electron chi connectivity index (χ0n) is 15.6. The van der Waals surface area contributed by atoms with Crippen molar-refractivity contribution in [2.75, 3.05) is 32.9 Å². The van der Waals surface area contributed by atoms with Crippen LogP contribution in [0.15, 0.2) is 0 Å². The van der Waals surface area contributed by atoms with Gasteiger partial charge >= 0.3 is 8.80 Å². The minimum atomic E-state index is -2.83. The molecular formula is C15H33N3O3S2Si. The van der Waals surface area contributed by atoms with Gasteiger partial charge in [-0.05, 0) is 40.3 Å². The van der Waals surface area contributed by atoms with E-state index >= 15 is 0 Å². The van der Waals surface area contributed by atoms with E-state index in [-0.39, 0.29) is 9.98 Å². The van der Waals surface area contributed by atoms with Crippen molar-refractivity contribution in [3.63, 3.8) is 0 Å². The minimum Gasteiger partial charge on any atom is -0.391 e. The first-order valence-corrected chi connectivity index (χ1v) is 11.3. The van der Waals surface area contributed by atoms with E-state index < -0.39 is 14.3 Å². The third kappa shape index (κ3) is 5.69.